The monoisotopic (exact) mass is 219 g/mol. The van der Waals surface area contributed by atoms with Crippen molar-refractivity contribution in [2.24, 2.45) is 5.92 Å². The van der Waals surface area contributed by atoms with E-state index in [2.05, 4.69) is 18.8 Å². The Morgan fingerprint density at radius 2 is 2.00 bits per heavy atom. The molecule has 0 aliphatic heterocycles. The lowest BCUT2D eigenvalue weighted by Crippen LogP contribution is -2.12. The Morgan fingerprint density at radius 1 is 1.38 bits per heavy atom. The standard InChI is InChI=1S/C13H21N3/c1-6-7-16-8-11(9(2)3)15-13(16)12(14)10(4)5/h6-10,14H,1-5H3/b7-6-,14-12?. The van der Waals surface area contributed by atoms with E-state index >= 15 is 0 Å². The summed E-state index contributed by atoms with van der Waals surface area (Å²) in [6, 6.07) is 0. The van der Waals surface area contributed by atoms with Crippen molar-refractivity contribution in [2.75, 3.05) is 0 Å². The predicted molar refractivity (Wildman–Crippen MR) is 69.0 cm³/mol. The lowest BCUT2D eigenvalue weighted by atomic mass is 10.1. The van der Waals surface area contributed by atoms with Crippen molar-refractivity contribution in [3.63, 3.8) is 0 Å². The molecule has 0 atom stereocenters. The Morgan fingerprint density at radius 3 is 2.44 bits per heavy atom. The maximum absolute atomic E-state index is 8.04. The van der Waals surface area contributed by atoms with Crippen LogP contribution < -0.4 is 0 Å². The second-order valence-corrected chi connectivity index (χ2v) is 4.60. The molecule has 0 amide bonds. The Labute approximate surface area is 97.7 Å². The molecule has 0 aliphatic carbocycles. The van der Waals surface area contributed by atoms with E-state index in [1.165, 1.54) is 0 Å². The molecule has 0 fully saturated rings. The molecule has 0 unspecified atom stereocenters. The van der Waals surface area contributed by atoms with Gasteiger partial charge in [-0.2, -0.15) is 0 Å². The molecule has 1 aromatic rings. The van der Waals surface area contributed by atoms with Gasteiger partial charge in [0.25, 0.3) is 0 Å². The molecule has 0 spiro atoms. The lowest BCUT2D eigenvalue weighted by Gasteiger charge is -2.06. The Hall–Kier alpha value is -1.38. The van der Waals surface area contributed by atoms with E-state index in [0.717, 1.165) is 11.5 Å². The number of hydrogen-bond donors (Lipinski definition) is 1. The van der Waals surface area contributed by atoms with Gasteiger partial charge in [0.15, 0.2) is 5.82 Å². The van der Waals surface area contributed by atoms with Crippen LogP contribution in [0.15, 0.2) is 12.3 Å². The van der Waals surface area contributed by atoms with Crippen LogP contribution in [0.25, 0.3) is 6.20 Å². The molecule has 0 aliphatic rings. The van der Waals surface area contributed by atoms with E-state index < -0.39 is 0 Å². The smallest absolute Gasteiger partial charge is 0.158 e. The minimum atomic E-state index is 0.200. The van der Waals surface area contributed by atoms with Gasteiger partial charge in [-0.1, -0.05) is 33.8 Å². The van der Waals surface area contributed by atoms with Gasteiger partial charge in [0.05, 0.1) is 11.4 Å². The zero-order chi connectivity index (χ0) is 12.3. The fourth-order valence-electron chi connectivity index (χ4n) is 1.42. The third-order valence-corrected chi connectivity index (χ3v) is 2.47. The molecule has 0 saturated carbocycles. The first-order chi connectivity index (χ1) is 7.47. The number of allylic oxidation sites excluding steroid dienone is 1. The molecule has 0 bridgehead atoms. The molecule has 3 heteroatoms. The highest BCUT2D eigenvalue weighted by Crippen LogP contribution is 2.16. The molecule has 88 valence electrons. The first-order valence-corrected chi connectivity index (χ1v) is 5.77. The summed E-state index contributed by atoms with van der Waals surface area (Å²) < 4.78 is 1.94. The van der Waals surface area contributed by atoms with Crippen LogP contribution in [0.2, 0.25) is 0 Å². The van der Waals surface area contributed by atoms with Crippen LogP contribution in [0.5, 0.6) is 0 Å². The molecule has 1 rings (SSSR count). The predicted octanol–water partition coefficient (Wildman–Crippen LogP) is 3.52. The van der Waals surface area contributed by atoms with Crippen LogP contribution >= 0.6 is 0 Å². The van der Waals surface area contributed by atoms with Gasteiger partial charge >= 0.3 is 0 Å². The number of hydrogen-bond acceptors (Lipinski definition) is 2. The van der Waals surface area contributed by atoms with Crippen molar-refractivity contribution in [1.29, 1.82) is 5.41 Å². The van der Waals surface area contributed by atoms with Crippen LogP contribution in [-0.4, -0.2) is 15.3 Å². The molecule has 1 N–H and O–H groups in total. The average Bonchev–Trinajstić information content (AvgIpc) is 2.61. The third kappa shape index (κ3) is 2.60. The zero-order valence-electron chi connectivity index (χ0n) is 10.8. The number of nitrogens with one attached hydrogen (secondary N) is 1. The quantitative estimate of drug-likeness (QED) is 0.773. The topological polar surface area (TPSA) is 41.7 Å². The summed E-state index contributed by atoms with van der Waals surface area (Å²) in [4.78, 5) is 4.54. The van der Waals surface area contributed by atoms with E-state index in [1.54, 1.807) is 0 Å². The van der Waals surface area contributed by atoms with E-state index in [1.807, 2.05) is 43.8 Å². The summed E-state index contributed by atoms with van der Waals surface area (Å²) in [6.45, 7) is 10.2. The van der Waals surface area contributed by atoms with Crippen LogP contribution in [-0.2, 0) is 0 Å². The Balaban J connectivity index is 3.20. The second-order valence-electron chi connectivity index (χ2n) is 4.60. The van der Waals surface area contributed by atoms with Gasteiger partial charge in [-0.25, -0.2) is 4.98 Å². The molecular weight excluding hydrogens is 198 g/mol. The van der Waals surface area contributed by atoms with E-state index in [9.17, 15) is 0 Å². The van der Waals surface area contributed by atoms with Gasteiger partial charge in [-0.05, 0) is 18.8 Å². The minimum absolute atomic E-state index is 0.200. The number of aromatic nitrogens is 2. The van der Waals surface area contributed by atoms with Crippen LogP contribution in [0.1, 0.15) is 52.1 Å². The van der Waals surface area contributed by atoms with Crippen molar-refractivity contribution in [2.45, 2.75) is 40.5 Å². The van der Waals surface area contributed by atoms with Gasteiger partial charge in [0, 0.05) is 12.4 Å². The number of nitrogens with zero attached hydrogens (tertiary/aromatic N) is 2. The fourth-order valence-corrected chi connectivity index (χ4v) is 1.42. The van der Waals surface area contributed by atoms with Crippen molar-refractivity contribution in [3.05, 3.63) is 23.8 Å². The summed E-state index contributed by atoms with van der Waals surface area (Å²) in [5, 5.41) is 8.04. The number of rotatable bonds is 4. The summed E-state index contributed by atoms with van der Waals surface area (Å²) >= 11 is 0. The first kappa shape index (κ1) is 12.7. The highest BCUT2D eigenvalue weighted by molar-refractivity contribution is 5.97. The Bertz CT molecular complexity index is 397. The summed E-state index contributed by atoms with van der Waals surface area (Å²) in [5.74, 6) is 1.36. The fraction of sp³-hybridized carbons (Fsp3) is 0.538. The average molecular weight is 219 g/mol. The lowest BCUT2D eigenvalue weighted by molar-refractivity contribution is 0.826. The Kier molecular flexibility index (Phi) is 4.05. The van der Waals surface area contributed by atoms with E-state index in [-0.39, 0.29) is 5.92 Å². The van der Waals surface area contributed by atoms with Crippen LogP contribution in [0.4, 0.5) is 0 Å². The van der Waals surface area contributed by atoms with Crippen molar-refractivity contribution in [1.82, 2.24) is 9.55 Å². The maximum Gasteiger partial charge on any atom is 0.158 e. The van der Waals surface area contributed by atoms with E-state index in [0.29, 0.717) is 11.6 Å². The number of imidazole rings is 1. The molecule has 0 saturated heterocycles. The van der Waals surface area contributed by atoms with Crippen molar-refractivity contribution >= 4 is 11.9 Å². The SMILES string of the molecule is C/C=C\n1cc(C(C)C)nc1C(=N)C(C)C. The molecule has 16 heavy (non-hydrogen) atoms. The summed E-state index contributed by atoms with van der Waals surface area (Å²) in [6.07, 6.45) is 5.92. The molecule has 0 radical (unpaired) electrons. The van der Waals surface area contributed by atoms with Gasteiger partial charge in [0.1, 0.15) is 0 Å². The van der Waals surface area contributed by atoms with Gasteiger partial charge in [-0.15, -0.1) is 0 Å². The zero-order valence-corrected chi connectivity index (χ0v) is 10.8. The highest BCUT2D eigenvalue weighted by atomic mass is 15.1. The minimum Gasteiger partial charge on any atom is -0.306 e. The highest BCUT2D eigenvalue weighted by Gasteiger charge is 2.15. The molecule has 0 aromatic carbocycles. The van der Waals surface area contributed by atoms with Crippen molar-refractivity contribution < 1.29 is 0 Å². The summed E-state index contributed by atoms with van der Waals surface area (Å²) in [5.41, 5.74) is 1.63. The largest absolute Gasteiger partial charge is 0.306 e. The molecular formula is C13H21N3. The van der Waals surface area contributed by atoms with Gasteiger partial charge in [0.2, 0.25) is 0 Å². The first-order valence-electron chi connectivity index (χ1n) is 5.77. The van der Waals surface area contributed by atoms with E-state index in [4.69, 9.17) is 5.41 Å². The second kappa shape index (κ2) is 5.10. The third-order valence-electron chi connectivity index (χ3n) is 2.47. The van der Waals surface area contributed by atoms with Gasteiger partial charge < -0.3 is 9.98 Å². The molecule has 1 aromatic heterocycles. The maximum atomic E-state index is 8.04. The van der Waals surface area contributed by atoms with Gasteiger partial charge in [-0.3, -0.25) is 0 Å². The van der Waals surface area contributed by atoms with Crippen LogP contribution in [0.3, 0.4) is 0 Å². The summed E-state index contributed by atoms with van der Waals surface area (Å²) in [7, 11) is 0. The van der Waals surface area contributed by atoms with Crippen molar-refractivity contribution in [3.8, 4) is 0 Å². The molecule has 1 heterocycles. The molecule has 3 nitrogen and oxygen atoms in total. The van der Waals surface area contributed by atoms with Crippen LogP contribution in [0, 0.1) is 11.3 Å². The normalized spacial score (nSPS) is 11.9.